The van der Waals surface area contributed by atoms with Crippen molar-refractivity contribution in [2.45, 2.75) is 32.7 Å². The third kappa shape index (κ3) is 5.22. The van der Waals surface area contributed by atoms with E-state index in [1.54, 1.807) is 11.4 Å². The van der Waals surface area contributed by atoms with Crippen molar-refractivity contribution in [3.05, 3.63) is 0 Å². The molecule has 1 saturated heterocycles. The van der Waals surface area contributed by atoms with Crippen LogP contribution >= 0.6 is 0 Å². The Kier molecular flexibility index (Phi) is 6.55. The molecule has 0 aromatic rings. The second-order valence-corrected chi connectivity index (χ2v) is 7.33. The van der Waals surface area contributed by atoms with Crippen LogP contribution in [-0.2, 0) is 14.8 Å². The second-order valence-electron chi connectivity index (χ2n) is 5.25. The summed E-state index contributed by atoms with van der Waals surface area (Å²) in [5.41, 5.74) is 0. The average molecular weight is 278 g/mol. The molecule has 1 aliphatic rings. The van der Waals surface area contributed by atoms with Crippen LogP contribution in [0.25, 0.3) is 0 Å². The quantitative estimate of drug-likeness (QED) is 0.744. The zero-order valence-electron chi connectivity index (χ0n) is 11.7. The normalized spacial score (nSPS) is 22.6. The zero-order chi connectivity index (χ0) is 13.6. The van der Waals surface area contributed by atoms with Gasteiger partial charge in [-0.15, -0.1) is 0 Å². The highest BCUT2D eigenvalue weighted by Crippen LogP contribution is 2.19. The molecule has 1 fully saturated rings. The van der Waals surface area contributed by atoms with Crippen LogP contribution < -0.4 is 5.32 Å². The van der Waals surface area contributed by atoms with E-state index in [0.29, 0.717) is 38.2 Å². The average Bonchev–Trinajstić information content (AvgIpc) is 2.29. The SMILES string of the molecule is COCC1CCCN(S(=O)(=O)CCNC(C)C)C1. The summed E-state index contributed by atoms with van der Waals surface area (Å²) >= 11 is 0. The summed E-state index contributed by atoms with van der Waals surface area (Å²) < 4.78 is 31.1. The molecule has 5 nitrogen and oxygen atoms in total. The maximum absolute atomic E-state index is 12.2. The molecule has 0 aromatic heterocycles. The highest BCUT2D eigenvalue weighted by Gasteiger charge is 2.28. The maximum Gasteiger partial charge on any atom is 0.215 e. The van der Waals surface area contributed by atoms with Gasteiger partial charge in [-0.3, -0.25) is 0 Å². The molecule has 0 spiro atoms. The van der Waals surface area contributed by atoms with Gasteiger partial charge in [-0.1, -0.05) is 13.8 Å². The number of methoxy groups -OCH3 is 1. The van der Waals surface area contributed by atoms with Gasteiger partial charge in [0.1, 0.15) is 0 Å². The van der Waals surface area contributed by atoms with E-state index in [1.807, 2.05) is 13.8 Å². The first-order valence-corrected chi connectivity index (χ1v) is 8.26. The Balaban J connectivity index is 2.45. The van der Waals surface area contributed by atoms with Crippen molar-refractivity contribution >= 4 is 10.0 Å². The fraction of sp³-hybridized carbons (Fsp3) is 1.00. The number of rotatable bonds is 7. The van der Waals surface area contributed by atoms with E-state index in [4.69, 9.17) is 4.74 Å². The number of ether oxygens (including phenoxy) is 1. The minimum Gasteiger partial charge on any atom is -0.384 e. The third-order valence-corrected chi connectivity index (χ3v) is 5.03. The van der Waals surface area contributed by atoms with Crippen molar-refractivity contribution in [1.29, 1.82) is 0 Å². The van der Waals surface area contributed by atoms with Crippen LogP contribution in [0.3, 0.4) is 0 Å². The third-order valence-electron chi connectivity index (χ3n) is 3.19. The van der Waals surface area contributed by atoms with Gasteiger partial charge in [0.25, 0.3) is 0 Å². The van der Waals surface area contributed by atoms with E-state index in [2.05, 4.69) is 5.32 Å². The van der Waals surface area contributed by atoms with Crippen LogP contribution in [0.4, 0.5) is 0 Å². The van der Waals surface area contributed by atoms with Crippen molar-refractivity contribution in [2.24, 2.45) is 5.92 Å². The summed E-state index contributed by atoms with van der Waals surface area (Å²) in [5.74, 6) is 0.529. The maximum atomic E-state index is 12.2. The molecule has 0 radical (unpaired) electrons. The van der Waals surface area contributed by atoms with E-state index in [0.717, 1.165) is 12.8 Å². The molecule has 0 amide bonds. The minimum absolute atomic E-state index is 0.185. The molecule has 1 rings (SSSR count). The lowest BCUT2D eigenvalue weighted by Crippen LogP contribution is -2.44. The van der Waals surface area contributed by atoms with Crippen LogP contribution in [0, 0.1) is 5.92 Å². The molecule has 1 N–H and O–H groups in total. The first-order valence-electron chi connectivity index (χ1n) is 6.66. The number of hydrogen-bond acceptors (Lipinski definition) is 4. The molecule has 1 aliphatic heterocycles. The predicted octanol–water partition coefficient (Wildman–Crippen LogP) is 0.673. The standard InChI is InChI=1S/C12H26N2O3S/c1-11(2)13-6-8-18(15,16)14-7-4-5-12(9-14)10-17-3/h11-13H,4-10H2,1-3H3. The lowest BCUT2D eigenvalue weighted by molar-refractivity contribution is 0.118. The lowest BCUT2D eigenvalue weighted by atomic mass is 10.0. The van der Waals surface area contributed by atoms with Gasteiger partial charge < -0.3 is 10.1 Å². The number of piperidine rings is 1. The Labute approximate surface area is 111 Å². The lowest BCUT2D eigenvalue weighted by Gasteiger charge is -2.31. The van der Waals surface area contributed by atoms with Crippen LogP contribution in [0.15, 0.2) is 0 Å². The zero-order valence-corrected chi connectivity index (χ0v) is 12.5. The van der Waals surface area contributed by atoms with Crippen molar-refractivity contribution < 1.29 is 13.2 Å². The predicted molar refractivity (Wildman–Crippen MR) is 73.1 cm³/mol. The Morgan fingerprint density at radius 3 is 2.78 bits per heavy atom. The van der Waals surface area contributed by atoms with Crippen LogP contribution in [0.1, 0.15) is 26.7 Å². The first-order chi connectivity index (χ1) is 8.45. The molecule has 108 valence electrons. The molecule has 6 heteroatoms. The highest BCUT2D eigenvalue weighted by molar-refractivity contribution is 7.89. The van der Waals surface area contributed by atoms with Gasteiger partial charge in [-0.2, -0.15) is 0 Å². The Bertz CT molecular complexity index is 328. The van der Waals surface area contributed by atoms with E-state index in [9.17, 15) is 8.42 Å². The summed E-state index contributed by atoms with van der Waals surface area (Å²) in [6.45, 7) is 6.47. The van der Waals surface area contributed by atoms with E-state index in [-0.39, 0.29) is 5.75 Å². The molecule has 1 heterocycles. The fourth-order valence-corrected chi connectivity index (χ4v) is 3.74. The summed E-state index contributed by atoms with van der Waals surface area (Å²) in [6, 6.07) is 0.322. The van der Waals surface area contributed by atoms with Crippen molar-refractivity contribution in [3.8, 4) is 0 Å². The van der Waals surface area contributed by atoms with Crippen molar-refractivity contribution in [3.63, 3.8) is 0 Å². The summed E-state index contributed by atoms with van der Waals surface area (Å²) in [7, 11) is -1.45. The number of nitrogens with one attached hydrogen (secondary N) is 1. The highest BCUT2D eigenvalue weighted by atomic mass is 32.2. The molecule has 1 unspecified atom stereocenters. The minimum atomic E-state index is -3.11. The molecular weight excluding hydrogens is 252 g/mol. The smallest absolute Gasteiger partial charge is 0.215 e. The molecule has 0 saturated carbocycles. The van der Waals surface area contributed by atoms with Gasteiger partial charge in [0.15, 0.2) is 0 Å². The fourth-order valence-electron chi connectivity index (χ4n) is 2.26. The second kappa shape index (κ2) is 7.43. The Hall–Kier alpha value is -0.170. The van der Waals surface area contributed by atoms with Gasteiger partial charge in [0.2, 0.25) is 10.0 Å². The number of nitrogens with zero attached hydrogens (tertiary/aromatic N) is 1. The molecule has 0 aromatic carbocycles. The Morgan fingerprint density at radius 1 is 1.44 bits per heavy atom. The molecule has 0 bridgehead atoms. The molecule has 18 heavy (non-hydrogen) atoms. The van der Waals surface area contributed by atoms with E-state index >= 15 is 0 Å². The Morgan fingerprint density at radius 2 is 2.17 bits per heavy atom. The van der Waals surface area contributed by atoms with Gasteiger partial charge in [-0.25, -0.2) is 12.7 Å². The van der Waals surface area contributed by atoms with Gasteiger partial charge in [0.05, 0.1) is 12.4 Å². The largest absolute Gasteiger partial charge is 0.384 e. The first kappa shape index (κ1) is 15.9. The van der Waals surface area contributed by atoms with Gasteiger partial charge in [0, 0.05) is 32.8 Å². The summed E-state index contributed by atoms with van der Waals surface area (Å²) in [4.78, 5) is 0. The number of hydrogen-bond donors (Lipinski definition) is 1. The molecular formula is C12H26N2O3S. The molecule has 0 aliphatic carbocycles. The van der Waals surface area contributed by atoms with Crippen LogP contribution in [0.5, 0.6) is 0 Å². The topological polar surface area (TPSA) is 58.6 Å². The monoisotopic (exact) mass is 278 g/mol. The summed E-state index contributed by atoms with van der Waals surface area (Å²) in [6.07, 6.45) is 2.00. The van der Waals surface area contributed by atoms with Crippen molar-refractivity contribution in [2.75, 3.05) is 39.1 Å². The van der Waals surface area contributed by atoms with Gasteiger partial charge >= 0.3 is 0 Å². The number of sulfonamides is 1. The summed E-state index contributed by atoms with van der Waals surface area (Å²) in [5, 5.41) is 3.15. The van der Waals surface area contributed by atoms with E-state index < -0.39 is 10.0 Å². The van der Waals surface area contributed by atoms with Crippen LogP contribution in [0.2, 0.25) is 0 Å². The van der Waals surface area contributed by atoms with Crippen molar-refractivity contribution in [1.82, 2.24) is 9.62 Å². The van der Waals surface area contributed by atoms with Crippen LogP contribution in [-0.4, -0.2) is 57.9 Å². The van der Waals surface area contributed by atoms with Gasteiger partial charge in [-0.05, 0) is 18.8 Å². The van der Waals surface area contributed by atoms with E-state index in [1.165, 1.54) is 0 Å². The molecule has 1 atom stereocenters.